The number of hydrogen-bond donors (Lipinski definition) is 2. The molecule has 1 saturated heterocycles. The highest BCUT2D eigenvalue weighted by molar-refractivity contribution is 5.97. The van der Waals surface area contributed by atoms with Crippen molar-refractivity contribution in [3.05, 3.63) is 60.3 Å². The summed E-state index contributed by atoms with van der Waals surface area (Å²) in [6, 6.07) is 14.0. The standard InChI is InChI=1S/C33H42N6O5/c1-32(2,3)43-30(40)38-16-8-9-22(20-38)21-42-26-11-7-10-23(18-26)29-36-15-14-28(37-29)39(31(41)44-33(4,5)6)25-12-13-27(35)24(17-25)19-34/h7,10-15,17-19,22,34H,8-9,16,20-21,35H2,1-6H3. The molecule has 44 heavy (non-hydrogen) atoms. The summed E-state index contributed by atoms with van der Waals surface area (Å²) in [5.41, 5.74) is 6.73. The quantitative estimate of drug-likeness (QED) is 0.221. The average Bonchev–Trinajstić information content (AvgIpc) is 2.96. The molecule has 0 spiro atoms. The van der Waals surface area contributed by atoms with Crippen LogP contribution < -0.4 is 15.4 Å². The molecule has 11 nitrogen and oxygen atoms in total. The first-order chi connectivity index (χ1) is 20.7. The zero-order valence-electron chi connectivity index (χ0n) is 26.3. The van der Waals surface area contributed by atoms with Crippen molar-refractivity contribution in [2.45, 2.75) is 65.6 Å². The zero-order valence-corrected chi connectivity index (χ0v) is 26.3. The second kappa shape index (κ2) is 13.3. The van der Waals surface area contributed by atoms with E-state index in [1.165, 1.54) is 4.90 Å². The van der Waals surface area contributed by atoms with Gasteiger partial charge < -0.3 is 30.3 Å². The summed E-state index contributed by atoms with van der Waals surface area (Å²) in [4.78, 5) is 38.2. The third kappa shape index (κ3) is 8.68. The van der Waals surface area contributed by atoms with E-state index in [1.807, 2.05) is 45.0 Å². The highest BCUT2D eigenvalue weighted by Crippen LogP contribution is 2.31. The summed E-state index contributed by atoms with van der Waals surface area (Å²) in [6.07, 6.45) is 3.62. The minimum Gasteiger partial charge on any atom is -0.493 e. The molecule has 0 aliphatic carbocycles. The van der Waals surface area contributed by atoms with Gasteiger partial charge in [-0.05, 0) is 90.8 Å². The van der Waals surface area contributed by atoms with E-state index in [4.69, 9.17) is 30.3 Å². The Balaban J connectivity index is 1.54. The Bertz CT molecular complexity index is 1500. The molecule has 0 saturated carbocycles. The van der Waals surface area contributed by atoms with Crippen LogP contribution in [0.4, 0.5) is 26.8 Å². The Kier molecular flexibility index (Phi) is 9.76. The van der Waals surface area contributed by atoms with Gasteiger partial charge in [-0.2, -0.15) is 0 Å². The fourth-order valence-electron chi connectivity index (χ4n) is 4.71. The molecule has 2 heterocycles. The van der Waals surface area contributed by atoms with Crippen molar-refractivity contribution in [3.8, 4) is 17.1 Å². The van der Waals surface area contributed by atoms with Crippen LogP contribution in [0.1, 0.15) is 59.9 Å². The highest BCUT2D eigenvalue weighted by Gasteiger charge is 2.29. The Morgan fingerprint density at radius 2 is 1.82 bits per heavy atom. The van der Waals surface area contributed by atoms with Crippen molar-refractivity contribution >= 4 is 35.6 Å². The number of ether oxygens (including phenoxy) is 3. The number of nitrogen functional groups attached to an aromatic ring is 1. The van der Waals surface area contributed by atoms with Gasteiger partial charge in [-0.15, -0.1) is 0 Å². The van der Waals surface area contributed by atoms with Gasteiger partial charge in [-0.3, -0.25) is 0 Å². The van der Waals surface area contributed by atoms with Gasteiger partial charge in [-0.25, -0.2) is 24.5 Å². The smallest absolute Gasteiger partial charge is 0.420 e. The van der Waals surface area contributed by atoms with E-state index in [0.717, 1.165) is 19.1 Å². The number of benzene rings is 2. The second-order valence-electron chi connectivity index (χ2n) is 12.8. The van der Waals surface area contributed by atoms with Crippen molar-refractivity contribution in [3.63, 3.8) is 0 Å². The van der Waals surface area contributed by atoms with Crippen LogP contribution in [0, 0.1) is 11.3 Å². The molecule has 1 aliphatic heterocycles. The summed E-state index contributed by atoms with van der Waals surface area (Å²) in [5, 5.41) is 7.70. The van der Waals surface area contributed by atoms with Crippen molar-refractivity contribution in [1.82, 2.24) is 14.9 Å². The Labute approximate surface area is 258 Å². The molecule has 1 fully saturated rings. The third-order valence-electron chi connectivity index (χ3n) is 6.68. The summed E-state index contributed by atoms with van der Waals surface area (Å²) in [7, 11) is 0. The van der Waals surface area contributed by atoms with Crippen LogP contribution in [0.25, 0.3) is 11.4 Å². The fourth-order valence-corrected chi connectivity index (χ4v) is 4.71. The van der Waals surface area contributed by atoms with E-state index in [9.17, 15) is 9.59 Å². The van der Waals surface area contributed by atoms with Gasteiger partial charge in [0.15, 0.2) is 5.82 Å². The molecule has 1 unspecified atom stereocenters. The molecule has 2 amide bonds. The minimum absolute atomic E-state index is 0.174. The first-order valence-electron chi connectivity index (χ1n) is 14.7. The number of nitrogens with one attached hydrogen (secondary N) is 1. The maximum Gasteiger partial charge on any atom is 0.420 e. The predicted octanol–water partition coefficient (Wildman–Crippen LogP) is 6.82. The van der Waals surface area contributed by atoms with Gasteiger partial charge in [0.2, 0.25) is 0 Å². The number of rotatable bonds is 7. The zero-order chi connectivity index (χ0) is 32.1. The van der Waals surface area contributed by atoms with Gasteiger partial charge >= 0.3 is 12.2 Å². The van der Waals surface area contributed by atoms with Crippen LogP contribution in [-0.4, -0.2) is 64.2 Å². The van der Waals surface area contributed by atoms with Crippen LogP contribution in [0.3, 0.4) is 0 Å². The molecule has 4 rings (SSSR count). The maximum absolute atomic E-state index is 13.4. The minimum atomic E-state index is -0.753. The van der Waals surface area contributed by atoms with E-state index in [1.54, 1.807) is 56.1 Å². The molecule has 2 aromatic carbocycles. The molecule has 1 aliphatic rings. The fraction of sp³-hybridized carbons (Fsp3) is 0.424. The topological polar surface area (TPSA) is 144 Å². The lowest BCUT2D eigenvalue weighted by Gasteiger charge is -2.34. The summed E-state index contributed by atoms with van der Waals surface area (Å²) in [5.74, 6) is 1.50. The number of anilines is 3. The SMILES string of the molecule is CC(C)(C)OC(=O)N1CCCC(COc2cccc(-c3nccc(N(C(=O)OC(C)(C)C)c4ccc(N)c(C=N)c4)n3)c2)C1. The summed E-state index contributed by atoms with van der Waals surface area (Å²) >= 11 is 0. The molecule has 1 aromatic heterocycles. The van der Waals surface area contributed by atoms with E-state index >= 15 is 0 Å². The molecule has 3 aromatic rings. The number of hydrogen-bond acceptors (Lipinski definition) is 9. The van der Waals surface area contributed by atoms with Gasteiger partial charge in [0.25, 0.3) is 0 Å². The van der Waals surface area contributed by atoms with Crippen LogP contribution in [0.2, 0.25) is 0 Å². The van der Waals surface area contributed by atoms with Crippen LogP contribution in [0.15, 0.2) is 54.7 Å². The molecule has 0 bridgehead atoms. The van der Waals surface area contributed by atoms with E-state index in [2.05, 4.69) is 4.98 Å². The van der Waals surface area contributed by atoms with Crippen molar-refractivity contribution in [1.29, 1.82) is 5.41 Å². The number of nitrogens with two attached hydrogens (primary N) is 1. The van der Waals surface area contributed by atoms with Crippen LogP contribution in [-0.2, 0) is 9.47 Å². The second-order valence-corrected chi connectivity index (χ2v) is 12.8. The highest BCUT2D eigenvalue weighted by atomic mass is 16.6. The Hall–Kier alpha value is -4.67. The number of piperidine rings is 1. The van der Waals surface area contributed by atoms with Gasteiger partial charge in [0.05, 0.1) is 12.3 Å². The van der Waals surface area contributed by atoms with Crippen molar-refractivity contribution < 1.29 is 23.8 Å². The van der Waals surface area contributed by atoms with Crippen molar-refractivity contribution in [2.24, 2.45) is 5.92 Å². The number of likely N-dealkylation sites (tertiary alicyclic amines) is 1. The first-order valence-corrected chi connectivity index (χ1v) is 14.7. The van der Waals surface area contributed by atoms with Crippen LogP contribution in [0.5, 0.6) is 5.75 Å². The Morgan fingerprint density at radius 1 is 1.07 bits per heavy atom. The third-order valence-corrected chi connectivity index (χ3v) is 6.68. The predicted molar refractivity (Wildman–Crippen MR) is 171 cm³/mol. The van der Waals surface area contributed by atoms with Gasteiger partial charge in [-0.1, -0.05) is 12.1 Å². The number of amides is 2. The first kappa shape index (κ1) is 32.2. The molecule has 0 radical (unpaired) electrons. The summed E-state index contributed by atoms with van der Waals surface area (Å²) in [6.45, 7) is 12.6. The molecule has 3 N–H and O–H groups in total. The molecule has 234 valence electrons. The number of carbonyl (C=O) groups is 2. The van der Waals surface area contributed by atoms with E-state index in [0.29, 0.717) is 59.6 Å². The largest absolute Gasteiger partial charge is 0.493 e. The lowest BCUT2D eigenvalue weighted by atomic mass is 9.99. The maximum atomic E-state index is 13.4. The summed E-state index contributed by atoms with van der Waals surface area (Å²) < 4.78 is 17.4. The average molecular weight is 603 g/mol. The van der Waals surface area contributed by atoms with E-state index < -0.39 is 17.3 Å². The normalized spacial score (nSPS) is 15.3. The lowest BCUT2D eigenvalue weighted by Crippen LogP contribution is -2.44. The number of aromatic nitrogens is 2. The van der Waals surface area contributed by atoms with E-state index in [-0.39, 0.29) is 12.0 Å². The van der Waals surface area contributed by atoms with Gasteiger partial charge in [0, 0.05) is 48.2 Å². The number of nitrogens with zero attached hydrogens (tertiary/aromatic N) is 4. The lowest BCUT2D eigenvalue weighted by molar-refractivity contribution is 0.0139. The van der Waals surface area contributed by atoms with Crippen molar-refractivity contribution in [2.75, 3.05) is 30.3 Å². The van der Waals surface area contributed by atoms with Gasteiger partial charge in [0.1, 0.15) is 22.8 Å². The molecule has 11 heteroatoms. The monoisotopic (exact) mass is 602 g/mol. The molecule has 1 atom stereocenters. The molecular formula is C33H42N6O5. The number of carbonyl (C=O) groups excluding carboxylic acids is 2. The van der Waals surface area contributed by atoms with Crippen LogP contribution >= 0.6 is 0 Å². The molecular weight excluding hydrogens is 560 g/mol. The Morgan fingerprint density at radius 3 is 2.52 bits per heavy atom.